The summed E-state index contributed by atoms with van der Waals surface area (Å²) in [6.45, 7) is 13.3. The minimum atomic E-state index is -0.892. The van der Waals surface area contributed by atoms with Crippen LogP contribution >= 0.6 is 0 Å². The number of nitrogens with zero attached hydrogens (tertiary/aromatic N) is 1. The molecule has 7 heteroatoms. The number of rotatable bonds is 13. The lowest BCUT2D eigenvalue weighted by Crippen LogP contribution is -2.44. The van der Waals surface area contributed by atoms with Gasteiger partial charge in [-0.05, 0) is 18.8 Å². The van der Waals surface area contributed by atoms with E-state index in [0.717, 1.165) is 26.2 Å². The van der Waals surface area contributed by atoms with E-state index in [1.54, 1.807) is 6.92 Å². The molecule has 0 aromatic rings. The van der Waals surface area contributed by atoms with Crippen LogP contribution in [0.4, 0.5) is 0 Å². The standard InChI is InChI=1S/C17H39N5O2/c1-16(2,3)13-17(4,24)14-21-15(23)5-10-22(11-7-19)12-9-20-8-6-18/h20,24H,5-14,18-19H2,1-4H3,(H,21,23). The fourth-order valence-electron chi connectivity index (χ4n) is 2.82. The first kappa shape index (κ1) is 23.3. The number of hydrogen-bond acceptors (Lipinski definition) is 6. The number of nitrogens with one attached hydrogen (secondary N) is 2. The fraction of sp³-hybridized carbons (Fsp3) is 0.941. The zero-order valence-corrected chi connectivity index (χ0v) is 16.0. The van der Waals surface area contributed by atoms with Gasteiger partial charge in [-0.3, -0.25) is 4.79 Å². The van der Waals surface area contributed by atoms with Gasteiger partial charge in [0.15, 0.2) is 0 Å². The highest BCUT2D eigenvalue weighted by atomic mass is 16.3. The fourth-order valence-corrected chi connectivity index (χ4v) is 2.82. The van der Waals surface area contributed by atoms with Crippen molar-refractivity contribution in [3.05, 3.63) is 0 Å². The van der Waals surface area contributed by atoms with Crippen LogP contribution in [0.3, 0.4) is 0 Å². The van der Waals surface area contributed by atoms with Crippen LogP contribution in [0.5, 0.6) is 0 Å². The Kier molecular flexibility index (Phi) is 11.4. The zero-order chi connectivity index (χ0) is 18.6. The molecule has 1 amide bonds. The maximum atomic E-state index is 12.0. The molecule has 24 heavy (non-hydrogen) atoms. The molecule has 0 spiro atoms. The molecule has 7 nitrogen and oxygen atoms in total. The van der Waals surface area contributed by atoms with Crippen molar-refractivity contribution in [3.63, 3.8) is 0 Å². The third kappa shape index (κ3) is 13.7. The maximum Gasteiger partial charge on any atom is 0.221 e. The van der Waals surface area contributed by atoms with Crippen LogP contribution in [0.1, 0.15) is 40.5 Å². The minimum absolute atomic E-state index is 0.0165. The van der Waals surface area contributed by atoms with E-state index < -0.39 is 5.60 Å². The number of amides is 1. The average Bonchev–Trinajstić information content (AvgIpc) is 2.44. The second kappa shape index (κ2) is 11.8. The monoisotopic (exact) mass is 345 g/mol. The van der Waals surface area contributed by atoms with Crippen LogP contribution in [0, 0.1) is 5.41 Å². The van der Waals surface area contributed by atoms with Crippen molar-refractivity contribution < 1.29 is 9.90 Å². The Balaban J connectivity index is 4.10. The second-order valence-corrected chi connectivity index (χ2v) is 7.93. The molecule has 0 radical (unpaired) electrons. The molecule has 0 fully saturated rings. The first-order valence-corrected chi connectivity index (χ1v) is 8.92. The second-order valence-electron chi connectivity index (χ2n) is 7.93. The van der Waals surface area contributed by atoms with Crippen LogP contribution in [0.2, 0.25) is 0 Å². The van der Waals surface area contributed by atoms with Gasteiger partial charge in [-0.1, -0.05) is 20.8 Å². The first-order valence-electron chi connectivity index (χ1n) is 8.92. The Bertz CT molecular complexity index is 342. The molecule has 0 saturated carbocycles. The summed E-state index contributed by atoms with van der Waals surface area (Å²) in [6, 6.07) is 0. The van der Waals surface area contributed by atoms with E-state index >= 15 is 0 Å². The lowest BCUT2D eigenvalue weighted by Gasteiger charge is -2.31. The molecular weight excluding hydrogens is 306 g/mol. The lowest BCUT2D eigenvalue weighted by molar-refractivity contribution is -0.122. The Hall–Kier alpha value is -0.730. The van der Waals surface area contributed by atoms with Crippen LogP contribution in [-0.2, 0) is 4.79 Å². The summed E-state index contributed by atoms with van der Waals surface area (Å²) in [4.78, 5) is 14.2. The predicted molar refractivity (Wildman–Crippen MR) is 99.7 cm³/mol. The summed E-state index contributed by atoms with van der Waals surface area (Å²) in [5.74, 6) is -0.0406. The van der Waals surface area contributed by atoms with Gasteiger partial charge in [0, 0.05) is 58.8 Å². The third-order valence-electron chi connectivity index (χ3n) is 3.60. The van der Waals surface area contributed by atoms with E-state index in [-0.39, 0.29) is 17.9 Å². The van der Waals surface area contributed by atoms with Gasteiger partial charge in [0.25, 0.3) is 0 Å². The van der Waals surface area contributed by atoms with Crippen molar-refractivity contribution in [1.29, 1.82) is 0 Å². The number of carbonyl (C=O) groups is 1. The molecule has 144 valence electrons. The maximum absolute atomic E-state index is 12.0. The summed E-state index contributed by atoms with van der Waals surface area (Å²) in [7, 11) is 0. The molecule has 0 aromatic heterocycles. The van der Waals surface area contributed by atoms with Crippen molar-refractivity contribution in [2.75, 3.05) is 52.4 Å². The Morgan fingerprint density at radius 2 is 1.71 bits per heavy atom. The van der Waals surface area contributed by atoms with Gasteiger partial charge in [-0.25, -0.2) is 0 Å². The van der Waals surface area contributed by atoms with Gasteiger partial charge < -0.3 is 32.1 Å². The van der Waals surface area contributed by atoms with Gasteiger partial charge in [0.1, 0.15) is 0 Å². The molecule has 0 saturated heterocycles. The third-order valence-corrected chi connectivity index (χ3v) is 3.60. The highest BCUT2D eigenvalue weighted by molar-refractivity contribution is 5.76. The number of hydrogen-bond donors (Lipinski definition) is 5. The van der Waals surface area contributed by atoms with E-state index in [9.17, 15) is 9.90 Å². The molecular formula is C17H39N5O2. The number of nitrogens with two attached hydrogens (primary N) is 2. The van der Waals surface area contributed by atoms with Crippen molar-refractivity contribution >= 4 is 5.91 Å². The smallest absolute Gasteiger partial charge is 0.221 e. The molecule has 0 heterocycles. The normalized spacial score (nSPS) is 14.7. The molecule has 7 N–H and O–H groups in total. The number of carbonyl (C=O) groups excluding carboxylic acids is 1. The molecule has 0 aliphatic heterocycles. The Labute approximate surface area is 147 Å². The van der Waals surface area contributed by atoms with Crippen LogP contribution in [-0.4, -0.2) is 73.9 Å². The van der Waals surface area contributed by atoms with Crippen LogP contribution in [0.25, 0.3) is 0 Å². The topological polar surface area (TPSA) is 117 Å². The van der Waals surface area contributed by atoms with Gasteiger partial charge in [-0.2, -0.15) is 0 Å². The summed E-state index contributed by atoms with van der Waals surface area (Å²) in [6.07, 6.45) is 1.04. The van der Waals surface area contributed by atoms with Crippen molar-refractivity contribution in [3.8, 4) is 0 Å². The SMILES string of the molecule is CC(C)(C)CC(C)(O)CNC(=O)CCN(CCN)CCNCCN. The number of aliphatic hydroxyl groups is 1. The highest BCUT2D eigenvalue weighted by Gasteiger charge is 2.27. The minimum Gasteiger partial charge on any atom is -0.388 e. The lowest BCUT2D eigenvalue weighted by atomic mass is 9.83. The summed E-state index contributed by atoms with van der Waals surface area (Å²) >= 11 is 0. The molecule has 1 unspecified atom stereocenters. The van der Waals surface area contributed by atoms with Crippen molar-refractivity contribution in [2.24, 2.45) is 16.9 Å². The zero-order valence-electron chi connectivity index (χ0n) is 16.0. The van der Waals surface area contributed by atoms with Gasteiger partial charge >= 0.3 is 0 Å². The highest BCUT2D eigenvalue weighted by Crippen LogP contribution is 2.26. The summed E-state index contributed by atoms with van der Waals surface area (Å²) in [5.41, 5.74) is 10.2. The molecule has 0 rings (SSSR count). The summed E-state index contributed by atoms with van der Waals surface area (Å²) in [5, 5.41) is 16.4. The van der Waals surface area contributed by atoms with E-state index in [0.29, 0.717) is 32.5 Å². The first-order chi connectivity index (χ1) is 11.1. The molecule has 0 aromatic carbocycles. The predicted octanol–water partition coefficient (Wildman–Crippen LogP) is -0.511. The van der Waals surface area contributed by atoms with E-state index in [1.807, 2.05) is 0 Å². The van der Waals surface area contributed by atoms with E-state index in [1.165, 1.54) is 0 Å². The molecule has 0 aliphatic carbocycles. The largest absolute Gasteiger partial charge is 0.388 e. The van der Waals surface area contributed by atoms with E-state index in [2.05, 4.69) is 36.3 Å². The quantitative estimate of drug-likeness (QED) is 0.287. The molecule has 0 bridgehead atoms. The van der Waals surface area contributed by atoms with Crippen LogP contribution < -0.4 is 22.1 Å². The Morgan fingerprint density at radius 3 is 2.25 bits per heavy atom. The summed E-state index contributed by atoms with van der Waals surface area (Å²) < 4.78 is 0. The van der Waals surface area contributed by atoms with Crippen molar-refractivity contribution in [2.45, 2.75) is 46.1 Å². The van der Waals surface area contributed by atoms with Crippen molar-refractivity contribution in [1.82, 2.24) is 15.5 Å². The van der Waals surface area contributed by atoms with Gasteiger partial charge in [-0.15, -0.1) is 0 Å². The van der Waals surface area contributed by atoms with Crippen LogP contribution in [0.15, 0.2) is 0 Å². The molecule has 0 aliphatic rings. The van der Waals surface area contributed by atoms with Gasteiger partial charge in [0.05, 0.1) is 5.60 Å². The van der Waals surface area contributed by atoms with Gasteiger partial charge in [0.2, 0.25) is 5.91 Å². The van der Waals surface area contributed by atoms with E-state index in [4.69, 9.17) is 11.5 Å². The molecule has 1 atom stereocenters. The average molecular weight is 346 g/mol. The Morgan fingerprint density at radius 1 is 1.04 bits per heavy atom.